The predicted molar refractivity (Wildman–Crippen MR) is 73.2 cm³/mol. The first-order valence-electron chi connectivity index (χ1n) is 6.33. The van der Waals surface area contributed by atoms with Gasteiger partial charge in [-0.2, -0.15) is 0 Å². The minimum atomic E-state index is 0.873. The molecule has 90 valence electrons. The van der Waals surface area contributed by atoms with Gasteiger partial charge in [-0.15, -0.1) is 0 Å². The average molecular weight is 228 g/mol. The monoisotopic (exact) mass is 228 g/mol. The maximum absolute atomic E-state index is 3.41. The molecule has 2 heteroatoms. The van der Waals surface area contributed by atoms with E-state index in [2.05, 4.69) is 47.6 Å². The third-order valence-corrected chi connectivity index (χ3v) is 2.93. The molecule has 2 rings (SSSR count). The van der Waals surface area contributed by atoms with Crippen LogP contribution in [0.15, 0.2) is 42.7 Å². The van der Waals surface area contributed by atoms with Gasteiger partial charge in [0.25, 0.3) is 0 Å². The Morgan fingerprint density at radius 2 is 1.88 bits per heavy atom. The molecule has 0 saturated heterocycles. The van der Waals surface area contributed by atoms with Crippen molar-refractivity contribution in [1.29, 1.82) is 0 Å². The Labute approximate surface area is 103 Å². The lowest BCUT2D eigenvalue weighted by Crippen LogP contribution is -1.98. The van der Waals surface area contributed by atoms with Crippen molar-refractivity contribution in [1.82, 2.24) is 4.98 Å². The Morgan fingerprint density at radius 3 is 2.53 bits per heavy atom. The summed E-state index contributed by atoms with van der Waals surface area (Å²) >= 11 is 0. The van der Waals surface area contributed by atoms with Gasteiger partial charge < -0.3 is 10.3 Å². The SMILES string of the molecule is CCCCc1ccc(NCc2cc[nH]c2)cc1. The second-order valence-corrected chi connectivity index (χ2v) is 4.37. The third kappa shape index (κ3) is 3.66. The number of hydrogen-bond acceptors (Lipinski definition) is 1. The number of H-pyrrole nitrogens is 1. The van der Waals surface area contributed by atoms with Crippen LogP contribution in [0, 0.1) is 0 Å². The highest BCUT2D eigenvalue weighted by Gasteiger charge is 1.95. The number of benzene rings is 1. The third-order valence-electron chi connectivity index (χ3n) is 2.93. The first-order valence-corrected chi connectivity index (χ1v) is 6.33. The first-order chi connectivity index (χ1) is 8.38. The van der Waals surface area contributed by atoms with E-state index in [1.807, 2.05) is 12.4 Å². The molecule has 0 saturated carbocycles. The predicted octanol–water partition coefficient (Wildman–Crippen LogP) is 3.97. The zero-order chi connectivity index (χ0) is 11.9. The molecule has 0 atom stereocenters. The largest absolute Gasteiger partial charge is 0.381 e. The fraction of sp³-hybridized carbons (Fsp3) is 0.333. The van der Waals surface area contributed by atoms with E-state index in [1.165, 1.54) is 36.1 Å². The van der Waals surface area contributed by atoms with Crippen molar-refractivity contribution in [3.05, 3.63) is 53.9 Å². The number of aromatic amines is 1. The highest BCUT2D eigenvalue weighted by atomic mass is 14.9. The summed E-state index contributed by atoms with van der Waals surface area (Å²) in [7, 11) is 0. The van der Waals surface area contributed by atoms with E-state index in [0.717, 1.165) is 6.54 Å². The van der Waals surface area contributed by atoms with Gasteiger partial charge in [0.15, 0.2) is 0 Å². The number of anilines is 1. The molecular weight excluding hydrogens is 208 g/mol. The van der Waals surface area contributed by atoms with Crippen LogP contribution in [0.3, 0.4) is 0 Å². The molecule has 1 aromatic carbocycles. The zero-order valence-corrected chi connectivity index (χ0v) is 10.4. The Morgan fingerprint density at radius 1 is 1.06 bits per heavy atom. The minimum absolute atomic E-state index is 0.873. The van der Waals surface area contributed by atoms with Crippen LogP contribution in [0.2, 0.25) is 0 Å². The number of unbranched alkanes of at least 4 members (excludes halogenated alkanes) is 1. The van der Waals surface area contributed by atoms with Gasteiger partial charge in [0.2, 0.25) is 0 Å². The lowest BCUT2D eigenvalue weighted by Gasteiger charge is -2.06. The summed E-state index contributed by atoms with van der Waals surface area (Å²) < 4.78 is 0. The van der Waals surface area contributed by atoms with Crippen molar-refractivity contribution in [2.24, 2.45) is 0 Å². The van der Waals surface area contributed by atoms with Crippen LogP contribution in [0.25, 0.3) is 0 Å². The van der Waals surface area contributed by atoms with Gasteiger partial charge >= 0.3 is 0 Å². The maximum Gasteiger partial charge on any atom is 0.0415 e. The van der Waals surface area contributed by atoms with Gasteiger partial charge in [0.05, 0.1) is 0 Å². The quantitative estimate of drug-likeness (QED) is 0.769. The van der Waals surface area contributed by atoms with Gasteiger partial charge in [-0.1, -0.05) is 25.5 Å². The van der Waals surface area contributed by atoms with Crippen molar-refractivity contribution < 1.29 is 0 Å². The topological polar surface area (TPSA) is 27.8 Å². The van der Waals surface area contributed by atoms with Gasteiger partial charge in [0.1, 0.15) is 0 Å². The summed E-state index contributed by atoms with van der Waals surface area (Å²) in [6, 6.07) is 10.8. The molecule has 0 aliphatic carbocycles. The van der Waals surface area contributed by atoms with Crippen molar-refractivity contribution in [2.45, 2.75) is 32.7 Å². The number of rotatable bonds is 6. The maximum atomic E-state index is 3.41. The van der Waals surface area contributed by atoms with Crippen LogP contribution in [-0.4, -0.2) is 4.98 Å². The lowest BCUT2D eigenvalue weighted by molar-refractivity contribution is 0.795. The van der Waals surface area contributed by atoms with E-state index in [9.17, 15) is 0 Å². The second-order valence-electron chi connectivity index (χ2n) is 4.37. The Kier molecular flexibility index (Phi) is 4.25. The highest BCUT2D eigenvalue weighted by Crippen LogP contribution is 2.12. The summed E-state index contributed by atoms with van der Waals surface area (Å²) in [5.41, 5.74) is 3.89. The first kappa shape index (κ1) is 11.8. The molecule has 0 fully saturated rings. The summed E-state index contributed by atoms with van der Waals surface area (Å²) in [4.78, 5) is 3.06. The molecule has 2 nitrogen and oxygen atoms in total. The molecular formula is C15H20N2. The van der Waals surface area contributed by atoms with E-state index in [4.69, 9.17) is 0 Å². The van der Waals surface area contributed by atoms with Crippen molar-refractivity contribution in [2.75, 3.05) is 5.32 Å². The molecule has 1 aromatic heterocycles. The van der Waals surface area contributed by atoms with Crippen molar-refractivity contribution >= 4 is 5.69 Å². The van der Waals surface area contributed by atoms with Crippen LogP contribution < -0.4 is 5.32 Å². The van der Waals surface area contributed by atoms with E-state index in [1.54, 1.807) is 0 Å². The van der Waals surface area contributed by atoms with Gasteiger partial charge in [-0.25, -0.2) is 0 Å². The molecule has 1 heterocycles. The fourth-order valence-electron chi connectivity index (χ4n) is 1.84. The van der Waals surface area contributed by atoms with Crippen LogP contribution in [-0.2, 0) is 13.0 Å². The molecule has 2 aromatic rings. The standard InChI is InChI=1S/C15H20N2/c1-2-3-4-13-5-7-15(8-6-13)17-12-14-9-10-16-11-14/h5-11,16-17H,2-4,12H2,1H3. The minimum Gasteiger partial charge on any atom is -0.381 e. The number of nitrogens with one attached hydrogen (secondary N) is 2. The average Bonchev–Trinajstić information content (AvgIpc) is 2.88. The van der Waals surface area contributed by atoms with Crippen molar-refractivity contribution in [3.8, 4) is 0 Å². The van der Waals surface area contributed by atoms with E-state index in [-0.39, 0.29) is 0 Å². The van der Waals surface area contributed by atoms with Crippen LogP contribution in [0.1, 0.15) is 30.9 Å². The fourth-order valence-corrected chi connectivity index (χ4v) is 1.84. The molecule has 0 bridgehead atoms. The summed E-state index contributed by atoms with van der Waals surface area (Å²) in [6.45, 7) is 3.10. The van der Waals surface area contributed by atoms with E-state index in [0.29, 0.717) is 0 Å². The van der Waals surface area contributed by atoms with E-state index < -0.39 is 0 Å². The molecule has 2 N–H and O–H groups in total. The van der Waals surface area contributed by atoms with Crippen molar-refractivity contribution in [3.63, 3.8) is 0 Å². The summed E-state index contributed by atoms with van der Waals surface area (Å²) in [6.07, 6.45) is 7.69. The molecule has 0 spiro atoms. The molecule has 0 aliphatic rings. The van der Waals surface area contributed by atoms with Gasteiger partial charge in [0, 0.05) is 24.6 Å². The molecule has 0 unspecified atom stereocenters. The van der Waals surface area contributed by atoms with E-state index >= 15 is 0 Å². The molecule has 0 aliphatic heterocycles. The molecule has 0 amide bonds. The molecule has 17 heavy (non-hydrogen) atoms. The lowest BCUT2D eigenvalue weighted by atomic mass is 10.1. The smallest absolute Gasteiger partial charge is 0.0415 e. The van der Waals surface area contributed by atoms with Crippen LogP contribution in [0.4, 0.5) is 5.69 Å². The zero-order valence-electron chi connectivity index (χ0n) is 10.4. The number of hydrogen-bond donors (Lipinski definition) is 2. The Bertz CT molecular complexity index is 415. The summed E-state index contributed by atoms with van der Waals surface area (Å²) in [5.74, 6) is 0. The summed E-state index contributed by atoms with van der Waals surface area (Å²) in [5, 5.41) is 3.41. The Balaban J connectivity index is 1.85. The van der Waals surface area contributed by atoms with Gasteiger partial charge in [-0.05, 0) is 42.2 Å². The highest BCUT2D eigenvalue weighted by molar-refractivity contribution is 5.45. The van der Waals surface area contributed by atoms with Gasteiger partial charge in [-0.3, -0.25) is 0 Å². The number of aromatic nitrogens is 1. The second kappa shape index (κ2) is 6.14. The normalized spacial score (nSPS) is 10.4. The molecule has 0 radical (unpaired) electrons. The number of aryl methyl sites for hydroxylation is 1. The van der Waals surface area contributed by atoms with Crippen LogP contribution in [0.5, 0.6) is 0 Å². The Hall–Kier alpha value is -1.70. The van der Waals surface area contributed by atoms with Crippen LogP contribution >= 0.6 is 0 Å².